The summed E-state index contributed by atoms with van der Waals surface area (Å²) in [6.07, 6.45) is 3.43. The van der Waals surface area contributed by atoms with Crippen molar-refractivity contribution in [3.63, 3.8) is 0 Å². The van der Waals surface area contributed by atoms with Crippen LogP contribution in [-0.4, -0.2) is 57.9 Å². The maximum absolute atomic E-state index is 11.8. The largest absolute Gasteiger partial charge is 0.342 e. The van der Waals surface area contributed by atoms with Crippen LogP contribution in [0.1, 0.15) is 19.3 Å². The minimum atomic E-state index is -3.04. The summed E-state index contributed by atoms with van der Waals surface area (Å²) < 4.78 is 22.0. The van der Waals surface area contributed by atoms with E-state index in [1.54, 1.807) is 4.90 Å². The molecule has 5 nitrogen and oxygen atoms in total. The minimum absolute atomic E-state index is 0.0313. The van der Waals surface area contributed by atoms with Crippen molar-refractivity contribution in [1.82, 2.24) is 10.2 Å². The molecule has 1 amide bonds. The minimum Gasteiger partial charge on any atom is -0.342 e. The molecule has 0 aromatic heterocycles. The molecular weight excluding hydrogens is 240 g/mol. The van der Waals surface area contributed by atoms with Gasteiger partial charge in [0.2, 0.25) is 5.91 Å². The summed E-state index contributed by atoms with van der Waals surface area (Å²) >= 11 is 0. The van der Waals surface area contributed by atoms with Crippen LogP contribution in [0.4, 0.5) is 0 Å². The van der Waals surface area contributed by atoms with Crippen molar-refractivity contribution >= 4 is 15.7 Å². The van der Waals surface area contributed by atoms with Gasteiger partial charge in [-0.25, -0.2) is 8.42 Å². The molecule has 0 spiro atoms. The van der Waals surface area contributed by atoms with Crippen molar-refractivity contribution in [3.05, 3.63) is 0 Å². The van der Waals surface area contributed by atoms with E-state index in [0.717, 1.165) is 32.5 Å². The van der Waals surface area contributed by atoms with Crippen LogP contribution >= 0.6 is 0 Å². The highest BCUT2D eigenvalue weighted by molar-refractivity contribution is 7.90. The molecule has 1 unspecified atom stereocenters. The number of hydrogen-bond acceptors (Lipinski definition) is 4. The highest BCUT2D eigenvalue weighted by Crippen LogP contribution is 2.16. The standard InChI is InChI=1S/C11H22N2O3S/c1-12-8-10-4-3-6-13(9-10)11(14)5-7-17(2,15)16/h10,12H,3-9H2,1-2H3. The Balaban J connectivity index is 2.41. The monoisotopic (exact) mass is 262 g/mol. The Morgan fingerprint density at radius 3 is 2.76 bits per heavy atom. The zero-order chi connectivity index (χ0) is 12.9. The molecule has 100 valence electrons. The number of hydrogen-bond donors (Lipinski definition) is 1. The molecular formula is C11H22N2O3S. The Morgan fingerprint density at radius 1 is 1.47 bits per heavy atom. The smallest absolute Gasteiger partial charge is 0.223 e. The summed E-state index contributed by atoms with van der Waals surface area (Å²) in [5.74, 6) is 0.422. The number of amides is 1. The summed E-state index contributed by atoms with van der Waals surface area (Å²) in [7, 11) is -1.13. The lowest BCUT2D eigenvalue weighted by molar-refractivity contribution is -0.132. The molecule has 0 bridgehead atoms. The highest BCUT2D eigenvalue weighted by Gasteiger charge is 2.23. The van der Waals surface area contributed by atoms with Gasteiger partial charge in [0.1, 0.15) is 9.84 Å². The van der Waals surface area contributed by atoms with E-state index in [1.165, 1.54) is 6.26 Å². The van der Waals surface area contributed by atoms with Gasteiger partial charge in [0.15, 0.2) is 0 Å². The third-order valence-electron chi connectivity index (χ3n) is 3.05. The maximum Gasteiger partial charge on any atom is 0.223 e. The fourth-order valence-corrected chi connectivity index (χ4v) is 2.72. The number of carbonyl (C=O) groups is 1. The van der Waals surface area contributed by atoms with Gasteiger partial charge in [-0.15, -0.1) is 0 Å². The molecule has 6 heteroatoms. The van der Waals surface area contributed by atoms with Crippen molar-refractivity contribution < 1.29 is 13.2 Å². The Labute approximate surface area is 103 Å². The predicted molar refractivity (Wildman–Crippen MR) is 67.6 cm³/mol. The molecule has 1 fully saturated rings. The lowest BCUT2D eigenvalue weighted by atomic mass is 9.98. The Kier molecular flexibility index (Phi) is 5.39. The summed E-state index contributed by atoms with van der Waals surface area (Å²) in [5, 5.41) is 3.12. The van der Waals surface area contributed by atoms with Crippen LogP contribution in [0.25, 0.3) is 0 Å². The second-order valence-electron chi connectivity index (χ2n) is 4.79. The Morgan fingerprint density at radius 2 is 2.18 bits per heavy atom. The molecule has 1 atom stereocenters. The van der Waals surface area contributed by atoms with Gasteiger partial charge in [-0.2, -0.15) is 0 Å². The second kappa shape index (κ2) is 6.35. The molecule has 0 aliphatic carbocycles. The second-order valence-corrected chi connectivity index (χ2v) is 7.05. The fraction of sp³-hybridized carbons (Fsp3) is 0.909. The zero-order valence-corrected chi connectivity index (χ0v) is 11.4. The van der Waals surface area contributed by atoms with Crippen LogP contribution < -0.4 is 5.32 Å². The van der Waals surface area contributed by atoms with E-state index in [0.29, 0.717) is 5.92 Å². The van der Waals surface area contributed by atoms with Crippen molar-refractivity contribution in [2.24, 2.45) is 5.92 Å². The van der Waals surface area contributed by atoms with Crippen LogP contribution in [0, 0.1) is 5.92 Å². The van der Waals surface area contributed by atoms with Crippen LogP contribution in [0.2, 0.25) is 0 Å². The summed E-state index contributed by atoms with van der Waals surface area (Å²) in [6.45, 7) is 2.43. The van der Waals surface area contributed by atoms with Crippen LogP contribution in [0.3, 0.4) is 0 Å². The van der Waals surface area contributed by atoms with Gasteiger partial charge in [0, 0.05) is 25.8 Å². The Bertz CT molecular complexity index is 352. The van der Waals surface area contributed by atoms with Gasteiger partial charge >= 0.3 is 0 Å². The van der Waals surface area contributed by atoms with Crippen molar-refractivity contribution in [2.75, 3.05) is 38.7 Å². The number of piperidine rings is 1. The fourth-order valence-electron chi connectivity index (χ4n) is 2.18. The summed E-state index contributed by atoms with van der Waals surface area (Å²) in [4.78, 5) is 13.6. The number of nitrogens with zero attached hydrogens (tertiary/aromatic N) is 1. The van der Waals surface area contributed by atoms with E-state index >= 15 is 0 Å². The van der Waals surface area contributed by atoms with Gasteiger partial charge in [0.05, 0.1) is 5.75 Å². The average Bonchev–Trinajstić information content (AvgIpc) is 2.26. The van der Waals surface area contributed by atoms with E-state index < -0.39 is 9.84 Å². The molecule has 0 aromatic rings. The molecule has 1 N–H and O–H groups in total. The van der Waals surface area contributed by atoms with Crippen LogP contribution in [0.15, 0.2) is 0 Å². The first-order valence-electron chi connectivity index (χ1n) is 6.02. The quantitative estimate of drug-likeness (QED) is 0.750. The number of rotatable bonds is 5. The first kappa shape index (κ1) is 14.4. The third kappa shape index (κ3) is 5.50. The van der Waals surface area contributed by atoms with Crippen LogP contribution in [-0.2, 0) is 14.6 Å². The van der Waals surface area contributed by atoms with E-state index in [9.17, 15) is 13.2 Å². The first-order valence-corrected chi connectivity index (χ1v) is 8.08. The van der Waals surface area contributed by atoms with Gasteiger partial charge in [-0.1, -0.05) is 0 Å². The summed E-state index contributed by atoms with van der Waals surface area (Å²) in [5.41, 5.74) is 0. The molecule has 1 aliphatic rings. The average molecular weight is 262 g/mol. The van der Waals surface area contributed by atoms with E-state index in [4.69, 9.17) is 0 Å². The lowest BCUT2D eigenvalue weighted by Gasteiger charge is -2.32. The van der Waals surface area contributed by atoms with Gasteiger partial charge in [-0.3, -0.25) is 4.79 Å². The normalized spacial score (nSPS) is 21.5. The molecule has 0 radical (unpaired) electrons. The number of nitrogens with one attached hydrogen (secondary N) is 1. The SMILES string of the molecule is CNCC1CCCN(C(=O)CCS(C)(=O)=O)C1. The number of carbonyl (C=O) groups excluding carboxylic acids is 1. The van der Waals surface area contributed by atoms with Crippen molar-refractivity contribution in [1.29, 1.82) is 0 Å². The lowest BCUT2D eigenvalue weighted by Crippen LogP contribution is -2.42. The molecule has 1 rings (SSSR count). The van der Waals surface area contributed by atoms with Gasteiger partial charge < -0.3 is 10.2 Å². The van der Waals surface area contributed by atoms with Crippen LogP contribution in [0.5, 0.6) is 0 Å². The van der Waals surface area contributed by atoms with Gasteiger partial charge in [0.25, 0.3) is 0 Å². The molecule has 0 aromatic carbocycles. The highest BCUT2D eigenvalue weighted by atomic mass is 32.2. The number of sulfone groups is 1. The molecule has 1 heterocycles. The van der Waals surface area contributed by atoms with Crippen molar-refractivity contribution in [3.8, 4) is 0 Å². The first-order chi connectivity index (χ1) is 7.92. The summed E-state index contributed by atoms with van der Waals surface area (Å²) in [6, 6.07) is 0. The van der Waals surface area contributed by atoms with E-state index in [1.807, 2.05) is 7.05 Å². The molecule has 0 saturated carbocycles. The molecule has 1 aliphatic heterocycles. The Hall–Kier alpha value is -0.620. The third-order valence-corrected chi connectivity index (χ3v) is 4.00. The topological polar surface area (TPSA) is 66.5 Å². The van der Waals surface area contributed by atoms with E-state index in [2.05, 4.69) is 5.32 Å². The zero-order valence-electron chi connectivity index (χ0n) is 10.6. The maximum atomic E-state index is 11.8. The van der Waals surface area contributed by atoms with E-state index in [-0.39, 0.29) is 18.1 Å². The number of likely N-dealkylation sites (tertiary alicyclic amines) is 1. The molecule has 17 heavy (non-hydrogen) atoms. The van der Waals surface area contributed by atoms with Crippen molar-refractivity contribution in [2.45, 2.75) is 19.3 Å². The molecule has 1 saturated heterocycles. The van der Waals surface area contributed by atoms with Gasteiger partial charge in [-0.05, 0) is 32.4 Å². The predicted octanol–water partition coefficient (Wildman–Crippen LogP) is -0.121.